The maximum atomic E-state index is 13.2. The zero-order chi connectivity index (χ0) is 19.1. The number of nitrogens with one attached hydrogen (secondary N) is 1. The molecule has 0 radical (unpaired) electrons. The van der Waals surface area contributed by atoms with Crippen molar-refractivity contribution in [3.8, 4) is 0 Å². The van der Waals surface area contributed by atoms with Crippen molar-refractivity contribution in [2.45, 2.75) is 25.9 Å². The molecule has 4 rings (SSSR count). The van der Waals surface area contributed by atoms with Gasteiger partial charge in [-0.3, -0.25) is 9.59 Å². The Bertz CT molecular complexity index is 1060. The predicted octanol–water partition coefficient (Wildman–Crippen LogP) is 4.11. The lowest BCUT2D eigenvalue weighted by atomic mass is 10.1. The molecule has 27 heavy (non-hydrogen) atoms. The number of halogens is 2. The topological polar surface area (TPSA) is 67.2 Å². The van der Waals surface area contributed by atoms with Crippen molar-refractivity contribution in [2.75, 3.05) is 10.2 Å². The molecule has 0 saturated heterocycles. The van der Waals surface area contributed by atoms with Crippen molar-refractivity contribution >= 4 is 57.4 Å². The first-order valence-corrected chi connectivity index (χ1v) is 9.20. The second-order valence-corrected chi connectivity index (χ2v) is 7.35. The Balaban J connectivity index is 1.72. The number of hydrogen-bond acceptors (Lipinski definition) is 3. The van der Waals surface area contributed by atoms with Crippen LogP contribution in [-0.2, 0) is 16.1 Å². The molecule has 1 aromatic heterocycles. The molecule has 2 aromatic carbocycles. The number of carbonyl (C=O) groups is 2. The second-order valence-electron chi connectivity index (χ2n) is 6.51. The minimum absolute atomic E-state index is 0.0463. The van der Waals surface area contributed by atoms with Gasteiger partial charge in [0.15, 0.2) is 0 Å². The SMILES string of the molecule is CC1CC(=O)Nc2ccccc2N1C(=O)Cn1cnc2cc(Cl)cc(Cl)c21. The number of aromatic nitrogens is 2. The summed E-state index contributed by atoms with van der Waals surface area (Å²) in [5.41, 5.74) is 2.58. The fraction of sp³-hybridized carbons (Fsp3) is 0.211. The number of imidazole rings is 1. The number of fused-ring (bicyclic) bond motifs is 2. The fourth-order valence-electron chi connectivity index (χ4n) is 3.43. The van der Waals surface area contributed by atoms with Crippen molar-refractivity contribution in [3.05, 3.63) is 52.8 Å². The minimum atomic E-state index is -0.277. The molecule has 1 N–H and O–H groups in total. The Morgan fingerprint density at radius 1 is 1.30 bits per heavy atom. The Kier molecular flexibility index (Phi) is 4.53. The normalized spacial score (nSPS) is 16.8. The van der Waals surface area contributed by atoms with Gasteiger partial charge in [-0.2, -0.15) is 0 Å². The Morgan fingerprint density at radius 2 is 2.07 bits per heavy atom. The van der Waals surface area contributed by atoms with Crippen molar-refractivity contribution in [3.63, 3.8) is 0 Å². The number of benzene rings is 2. The lowest BCUT2D eigenvalue weighted by Crippen LogP contribution is -2.40. The number of anilines is 2. The predicted molar refractivity (Wildman–Crippen MR) is 106 cm³/mol. The lowest BCUT2D eigenvalue weighted by molar-refractivity contribution is -0.119. The van der Waals surface area contributed by atoms with Crippen LogP contribution in [0.4, 0.5) is 11.4 Å². The van der Waals surface area contributed by atoms with Crippen LogP contribution < -0.4 is 10.2 Å². The van der Waals surface area contributed by atoms with Gasteiger partial charge in [0.2, 0.25) is 11.8 Å². The van der Waals surface area contributed by atoms with E-state index >= 15 is 0 Å². The molecule has 0 spiro atoms. The number of nitrogens with zero attached hydrogens (tertiary/aromatic N) is 3. The number of para-hydroxylation sites is 2. The summed E-state index contributed by atoms with van der Waals surface area (Å²) < 4.78 is 1.70. The molecule has 138 valence electrons. The van der Waals surface area contributed by atoms with E-state index in [1.54, 1.807) is 34.0 Å². The van der Waals surface area contributed by atoms with Gasteiger partial charge in [0.05, 0.1) is 33.8 Å². The lowest BCUT2D eigenvalue weighted by Gasteiger charge is -2.28. The summed E-state index contributed by atoms with van der Waals surface area (Å²) in [5, 5.41) is 3.78. The molecule has 1 unspecified atom stereocenters. The zero-order valence-electron chi connectivity index (χ0n) is 14.4. The highest BCUT2D eigenvalue weighted by Crippen LogP contribution is 2.32. The van der Waals surface area contributed by atoms with Gasteiger partial charge in [-0.05, 0) is 31.2 Å². The monoisotopic (exact) mass is 402 g/mol. The van der Waals surface area contributed by atoms with Gasteiger partial charge in [0, 0.05) is 17.5 Å². The summed E-state index contributed by atoms with van der Waals surface area (Å²) >= 11 is 12.3. The molecular weight excluding hydrogens is 387 g/mol. The largest absolute Gasteiger partial charge is 0.324 e. The molecule has 1 aliphatic rings. The van der Waals surface area contributed by atoms with Crippen LogP contribution in [0.25, 0.3) is 11.0 Å². The second kappa shape index (κ2) is 6.87. The number of carbonyl (C=O) groups excluding carboxylic acids is 2. The van der Waals surface area contributed by atoms with Gasteiger partial charge in [-0.15, -0.1) is 0 Å². The third-order valence-electron chi connectivity index (χ3n) is 4.57. The van der Waals surface area contributed by atoms with E-state index in [4.69, 9.17) is 23.2 Å². The maximum Gasteiger partial charge on any atom is 0.247 e. The summed E-state index contributed by atoms with van der Waals surface area (Å²) in [6, 6.07) is 10.3. The Labute approximate surface area is 165 Å². The summed E-state index contributed by atoms with van der Waals surface area (Å²) in [6.07, 6.45) is 1.80. The van der Waals surface area contributed by atoms with Crippen molar-refractivity contribution in [1.29, 1.82) is 0 Å². The average molecular weight is 403 g/mol. The average Bonchev–Trinajstić information content (AvgIpc) is 2.93. The maximum absolute atomic E-state index is 13.2. The van der Waals surface area contributed by atoms with E-state index < -0.39 is 0 Å². The van der Waals surface area contributed by atoms with Crippen LogP contribution >= 0.6 is 23.2 Å². The minimum Gasteiger partial charge on any atom is -0.324 e. The van der Waals surface area contributed by atoms with Gasteiger partial charge in [-0.1, -0.05) is 35.3 Å². The molecule has 6 nitrogen and oxygen atoms in total. The third kappa shape index (κ3) is 3.26. The molecule has 1 aliphatic heterocycles. The van der Waals surface area contributed by atoms with Gasteiger partial charge in [-0.25, -0.2) is 4.98 Å². The van der Waals surface area contributed by atoms with Crippen LogP contribution in [0, 0.1) is 0 Å². The molecule has 2 heterocycles. The van der Waals surface area contributed by atoms with Crippen LogP contribution in [0.15, 0.2) is 42.7 Å². The van der Waals surface area contributed by atoms with E-state index in [9.17, 15) is 9.59 Å². The van der Waals surface area contributed by atoms with E-state index in [-0.39, 0.29) is 30.8 Å². The zero-order valence-corrected chi connectivity index (χ0v) is 16.0. The van der Waals surface area contributed by atoms with Gasteiger partial charge >= 0.3 is 0 Å². The first kappa shape index (κ1) is 17.8. The van der Waals surface area contributed by atoms with E-state index in [1.807, 2.05) is 25.1 Å². The number of amides is 2. The molecule has 0 fully saturated rings. The summed E-state index contributed by atoms with van der Waals surface area (Å²) in [5.74, 6) is -0.271. The fourth-order valence-corrected chi connectivity index (χ4v) is 4.03. The third-order valence-corrected chi connectivity index (χ3v) is 5.07. The molecule has 0 aliphatic carbocycles. The molecule has 3 aromatic rings. The van der Waals surface area contributed by atoms with E-state index in [1.165, 1.54) is 0 Å². The molecular formula is C19H16Cl2N4O2. The van der Waals surface area contributed by atoms with Crippen molar-refractivity contribution in [1.82, 2.24) is 9.55 Å². The van der Waals surface area contributed by atoms with E-state index in [2.05, 4.69) is 10.3 Å². The Hall–Kier alpha value is -2.57. The molecule has 0 saturated carbocycles. The highest BCUT2D eigenvalue weighted by atomic mass is 35.5. The van der Waals surface area contributed by atoms with Gasteiger partial charge < -0.3 is 14.8 Å². The molecule has 1 atom stereocenters. The quantitative estimate of drug-likeness (QED) is 0.701. The van der Waals surface area contributed by atoms with Crippen molar-refractivity contribution < 1.29 is 9.59 Å². The number of hydrogen-bond donors (Lipinski definition) is 1. The van der Waals surface area contributed by atoms with Gasteiger partial charge in [0.25, 0.3) is 0 Å². The standard InChI is InChI=1S/C19H16Cl2N4O2/c1-11-6-17(26)23-14-4-2-3-5-16(14)25(11)18(27)9-24-10-22-15-8-12(20)7-13(21)19(15)24/h2-5,7-8,10-11H,6,9H2,1H3,(H,23,26). The molecule has 8 heteroatoms. The Morgan fingerprint density at radius 3 is 2.89 bits per heavy atom. The summed E-state index contributed by atoms with van der Waals surface area (Å²) in [7, 11) is 0. The van der Waals surface area contributed by atoms with Gasteiger partial charge in [0.1, 0.15) is 6.54 Å². The van der Waals surface area contributed by atoms with Crippen LogP contribution in [0.2, 0.25) is 10.0 Å². The molecule has 0 bridgehead atoms. The van der Waals surface area contributed by atoms with E-state index in [0.717, 1.165) is 0 Å². The van der Waals surface area contributed by atoms with Crippen LogP contribution in [-0.4, -0.2) is 27.4 Å². The van der Waals surface area contributed by atoms with Crippen LogP contribution in [0.1, 0.15) is 13.3 Å². The first-order valence-electron chi connectivity index (χ1n) is 8.45. The first-order chi connectivity index (χ1) is 12.9. The molecule has 2 amide bonds. The highest BCUT2D eigenvalue weighted by molar-refractivity contribution is 6.38. The van der Waals surface area contributed by atoms with Crippen molar-refractivity contribution in [2.24, 2.45) is 0 Å². The smallest absolute Gasteiger partial charge is 0.247 e. The van der Waals surface area contributed by atoms with E-state index in [0.29, 0.717) is 32.5 Å². The van der Waals surface area contributed by atoms with Crippen LogP contribution in [0.3, 0.4) is 0 Å². The highest BCUT2D eigenvalue weighted by Gasteiger charge is 2.29. The summed E-state index contributed by atoms with van der Waals surface area (Å²) in [6.45, 7) is 1.91. The summed E-state index contributed by atoms with van der Waals surface area (Å²) in [4.78, 5) is 31.2. The van der Waals surface area contributed by atoms with Crippen LogP contribution in [0.5, 0.6) is 0 Å². The number of rotatable bonds is 2.